The lowest BCUT2D eigenvalue weighted by molar-refractivity contribution is 0.175. The normalized spacial score (nSPS) is 12.4. The summed E-state index contributed by atoms with van der Waals surface area (Å²) < 4.78 is 13.1. The Kier molecular flexibility index (Phi) is 5.28. The number of aliphatic hydroxyl groups is 1. The maximum Gasteiger partial charge on any atom is 0.123 e. The molecule has 0 saturated carbocycles. The highest BCUT2D eigenvalue weighted by Crippen LogP contribution is 2.24. The van der Waals surface area contributed by atoms with Crippen molar-refractivity contribution in [3.63, 3.8) is 0 Å². The summed E-state index contributed by atoms with van der Waals surface area (Å²) >= 11 is 17.7. The molecule has 0 spiro atoms. The molecule has 1 nitrogen and oxygen atoms in total. The fraction of sp³-hybridized carbons (Fsp3) is 0.200. The van der Waals surface area contributed by atoms with Crippen LogP contribution in [0, 0.1) is 5.82 Å². The maximum atomic E-state index is 13.1. The van der Waals surface area contributed by atoms with Crippen molar-refractivity contribution in [2.45, 2.75) is 18.9 Å². The molecule has 2 aromatic carbocycles. The predicted molar refractivity (Wildman–Crippen MR) is 81.3 cm³/mol. The van der Waals surface area contributed by atoms with Crippen LogP contribution in [0.5, 0.6) is 0 Å². The summed E-state index contributed by atoms with van der Waals surface area (Å²) in [4.78, 5) is 0. The highest BCUT2D eigenvalue weighted by atomic mass is 35.5. The standard InChI is InChI=1S/C15H12Cl3FO/c16-13-4-2-11(19)7-10(13)8-12(20)5-9-1-3-14(17)15(18)6-9/h1-4,6-7,12,20H,5,8H2. The number of aliphatic hydroxyl groups excluding tert-OH is 1. The molecule has 1 N–H and O–H groups in total. The van der Waals surface area contributed by atoms with Crippen molar-refractivity contribution in [1.29, 1.82) is 0 Å². The van der Waals surface area contributed by atoms with Gasteiger partial charge in [-0.25, -0.2) is 4.39 Å². The van der Waals surface area contributed by atoms with Crippen molar-refractivity contribution in [3.8, 4) is 0 Å². The van der Waals surface area contributed by atoms with E-state index in [0.29, 0.717) is 27.1 Å². The third-order valence-corrected chi connectivity index (χ3v) is 4.03. The van der Waals surface area contributed by atoms with Crippen molar-refractivity contribution in [1.82, 2.24) is 0 Å². The van der Waals surface area contributed by atoms with Gasteiger partial charge in [-0.15, -0.1) is 0 Å². The van der Waals surface area contributed by atoms with Gasteiger partial charge in [0.1, 0.15) is 5.82 Å². The fourth-order valence-electron chi connectivity index (χ4n) is 1.96. The van der Waals surface area contributed by atoms with Gasteiger partial charge >= 0.3 is 0 Å². The summed E-state index contributed by atoms with van der Waals surface area (Å²) in [6.45, 7) is 0. The second kappa shape index (κ2) is 6.77. The van der Waals surface area contributed by atoms with Crippen molar-refractivity contribution >= 4 is 34.8 Å². The molecule has 0 amide bonds. The molecule has 0 aliphatic rings. The molecule has 0 bridgehead atoms. The lowest BCUT2D eigenvalue weighted by Crippen LogP contribution is -2.14. The first kappa shape index (κ1) is 15.6. The molecule has 0 aliphatic carbocycles. The van der Waals surface area contributed by atoms with Crippen molar-refractivity contribution < 1.29 is 9.50 Å². The van der Waals surface area contributed by atoms with Gasteiger partial charge in [0, 0.05) is 11.4 Å². The summed E-state index contributed by atoms with van der Waals surface area (Å²) in [5.74, 6) is -0.369. The van der Waals surface area contributed by atoms with E-state index in [1.54, 1.807) is 18.2 Å². The smallest absolute Gasteiger partial charge is 0.123 e. The van der Waals surface area contributed by atoms with Gasteiger partial charge in [0.25, 0.3) is 0 Å². The summed E-state index contributed by atoms with van der Waals surface area (Å²) in [6, 6.07) is 9.29. The van der Waals surface area contributed by atoms with Crippen LogP contribution in [0.1, 0.15) is 11.1 Å². The van der Waals surface area contributed by atoms with E-state index < -0.39 is 6.10 Å². The zero-order valence-electron chi connectivity index (χ0n) is 10.4. The van der Waals surface area contributed by atoms with Crippen LogP contribution in [-0.4, -0.2) is 11.2 Å². The van der Waals surface area contributed by atoms with Gasteiger partial charge in [-0.2, -0.15) is 0 Å². The number of halogens is 4. The molecular formula is C15H12Cl3FO. The molecule has 0 fully saturated rings. The van der Waals surface area contributed by atoms with Gasteiger partial charge in [-0.05, 0) is 47.9 Å². The molecule has 0 aromatic heterocycles. The molecule has 5 heteroatoms. The zero-order valence-corrected chi connectivity index (χ0v) is 12.7. The van der Waals surface area contributed by atoms with Crippen LogP contribution in [0.4, 0.5) is 4.39 Å². The third-order valence-electron chi connectivity index (χ3n) is 2.92. The van der Waals surface area contributed by atoms with Crippen molar-refractivity contribution in [2.75, 3.05) is 0 Å². The van der Waals surface area contributed by atoms with Gasteiger partial charge in [0.15, 0.2) is 0 Å². The van der Waals surface area contributed by atoms with Crippen molar-refractivity contribution in [2.24, 2.45) is 0 Å². The topological polar surface area (TPSA) is 20.2 Å². The van der Waals surface area contributed by atoms with Crippen LogP contribution in [0.3, 0.4) is 0 Å². The highest BCUT2D eigenvalue weighted by Gasteiger charge is 2.11. The minimum Gasteiger partial charge on any atom is -0.392 e. The monoisotopic (exact) mass is 332 g/mol. The van der Waals surface area contributed by atoms with Crippen LogP contribution in [0.2, 0.25) is 15.1 Å². The fourth-order valence-corrected chi connectivity index (χ4v) is 2.48. The van der Waals surface area contributed by atoms with E-state index in [4.69, 9.17) is 34.8 Å². The van der Waals surface area contributed by atoms with E-state index in [1.165, 1.54) is 18.2 Å². The Balaban J connectivity index is 2.06. The van der Waals surface area contributed by atoms with Gasteiger partial charge in [0.05, 0.1) is 16.1 Å². The second-order valence-corrected chi connectivity index (χ2v) is 5.77. The quantitative estimate of drug-likeness (QED) is 0.841. The SMILES string of the molecule is OC(Cc1ccc(Cl)c(Cl)c1)Cc1cc(F)ccc1Cl. The van der Waals surface area contributed by atoms with E-state index in [9.17, 15) is 9.50 Å². The Morgan fingerprint density at radius 3 is 2.30 bits per heavy atom. The zero-order chi connectivity index (χ0) is 14.7. The van der Waals surface area contributed by atoms with E-state index in [1.807, 2.05) is 0 Å². The average Bonchev–Trinajstić information content (AvgIpc) is 2.38. The largest absolute Gasteiger partial charge is 0.392 e. The minimum absolute atomic E-state index is 0.275. The first-order chi connectivity index (χ1) is 9.45. The molecule has 0 heterocycles. The van der Waals surface area contributed by atoms with E-state index >= 15 is 0 Å². The molecule has 0 radical (unpaired) electrons. The highest BCUT2D eigenvalue weighted by molar-refractivity contribution is 6.42. The van der Waals surface area contributed by atoms with Crippen LogP contribution in [-0.2, 0) is 12.8 Å². The van der Waals surface area contributed by atoms with Crippen molar-refractivity contribution in [3.05, 3.63) is 68.4 Å². The Morgan fingerprint density at radius 1 is 0.900 bits per heavy atom. The molecule has 1 unspecified atom stereocenters. The number of benzene rings is 2. The van der Waals surface area contributed by atoms with Crippen LogP contribution in [0.25, 0.3) is 0 Å². The summed E-state index contributed by atoms with van der Waals surface area (Å²) in [5.41, 5.74) is 1.44. The molecule has 0 aliphatic heterocycles. The lowest BCUT2D eigenvalue weighted by atomic mass is 10.0. The minimum atomic E-state index is -0.674. The van der Waals surface area contributed by atoms with Crippen LogP contribution < -0.4 is 0 Å². The predicted octanol–water partition coefficient (Wildman–Crippen LogP) is 4.93. The number of hydrogen-bond donors (Lipinski definition) is 1. The van der Waals surface area contributed by atoms with Gasteiger partial charge < -0.3 is 5.11 Å². The first-order valence-corrected chi connectivity index (χ1v) is 7.15. The third kappa shape index (κ3) is 4.10. The van der Waals surface area contributed by atoms with Crippen LogP contribution in [0.15, 0.2) is 36.4 Å². The van der Waals surface area contributed by atoms with Gasteiger partial charge in [-0.1, -0.05) is 40.9 Å². The molecule has 20 heavy (non-hydrogen) atoms. The number of rotatable bonds is 4. The lowest BCUT2D eigenvalue weighted by Gasteiger charge is -2.12. The molecular weight excluding hydrogens is 322 g/mol. The van der Waals surface area contributed by atoms with Gasteiger partial charge in [0.2, 0.25) is 0 Å². The maximum absolute atomic E-state index is 13.1. The Morgan fingerprint density at radius 2 is 1.60 bits per heavy atom. The van der Waals surface area contributed by atoms with Gasteiger partial charge in [-0.3, -0.25) is 0 Å². The van der Waals surface area contributed by atoms with Crippen LogP contribution >= 0.6 is 34.8 Å². The molecule has 2 aromatic rings. The molecule has 2 rings (SSSR count). The van der Waals surface area contributed by atoms with E-state index in [0.717, 1.165) is 5.56 Å². The molecule has 0 saturated heterocycles. The molecule has 106 valence electrons. The molecule has 1 atom stereocenters. The summed E-state index contributed by atoms with van der Waals surface area (Å²) in [6.07, 6.45) is -0.00727. The van der Waals surface area contributed by atoms with E-state index in [2.05, 4.69) is 0 Å². The Hall–Kier alpha value is -0.800. The summed E-state index contributed by atoms with van der Waals surface area (Å²) in [7, 11) is 0. The Bertz CT molecular complexity index is 616. The first-order valence-electron chi connectivity index (χ1n) is 6.01. The van der Waals surface area contributed by atoms with E-state index in [-0.39, 0.29) is 12.2 Å². The average molecular weight is 334 g/mol. The summed E-state index contributed by atoms with van der Waals surface area (Å²) in [5, 5.41) is 11.4. The second-order valence-electron chi connectivity index (χ2n) is 4.55. The number of hydrogen-bond acceptors (Lipinski definition) is 1. The Labute approximate surface area is 131 Å².